The molecule has 4 amide bonds. The van der Waals surface area contributed by atoms with Gasteiger partial charge in [0.2, 0.25) is 5.91 Å². The summed E-state index contributed by atoms with van der Waals surface area (Å²) in [6, 6.07) is 15.4. The normalized spacial score (nSPS) is 18.6. The van der Waals surface area contributed by atoms with Crippen LogP contribution in [0.3, 0.4) is 0 Å². The Bertz CT molecular complexity index is 1550. The molecule has 216 valence electrons. The average Bonchev–Trinajstić information content (AvgIpc) is 3.39. The number of hydroxylamine groups is 2. The zero-order valence-electron chi connectivity index (χ0n) is 22.6. The number of rotatable bonds is 8. The van der Waals surface area contributed by atoms with E-state index < -0.39 is 42.3 Å². The maximum absolute atomic E-state index is 13.7. The highest BCUT2D eigenvalue weighted by Gasteiger charge is 2.37. The van der Waals surface area contributed by atoms with Crippen molar-refractivity contribution in [3.05, 3.63) is 89.8 Å². The Morgan fingerprint density at radius 1 is 1.02 bits per heavy atom. The Kier molecular flexibility index (Phi) is 8.53. The monoisotopic (exact) mass is 571 g/mol. The Hall–Kier alpha value is -5.10. The first-order valence-corrected chi connectivity index (χ1v) is 13.4. The Morgan fingerprint density at radius 3 is 2.55 bits per heavy atom. The molecule has 0 radical (unpaired) electrons. The smallest absolute Gasteiger partial charge is 0.331 e. The van der Waals surface area contributed by atoms with Crippen molar-refractivity contribution < 1.29 is 33.9 Å². The first-order chi connectivity index (χ1) is 20.3. The lowest BCUT2D eigenvalue weighted by Crippen LogP contribution is -2.52. The highest BCUT2D eigenvalue weighted by Crippen LogP contribution is 2.19. The minimum Gasteiger partial charge on any atom is -0.464 e. The van der Waals surface area contributed by atoms with E-state index in [4.69, 9.17) is 4.74 Å². The van der Waals surface area contributed by atoms with Crippen molar-refractivity contribution in [2.45, 2.75) is 24.9 Å². The van der Waals surface area contributed by atoms with Crippen LogP contribution in [0.2, 0.25) is 0 Å². The second-order valence-corrected chi connectivity index (χ2v) is 9.96. The summed E-state index contributed by atoms with van der Waals surface area (Å²) in [5, 5.41) is 17.7. The quantitative estimate of drug-likeness (QED) is 0.159. The summed E-state index contributed by atoms with van der Waals surface area (Å²) in [7, 11) is 0. The largest absolute Gasteiger partial charge is 0.464 e. The van der Waals surface area contributed by atoms with Crippen molar-refractivity contribution in [1.82, 2.24) is 25.6 Å². The van der Waals surface area contributed by atoms with Crippen LogP contribution < -0.4 is 10.6 Å². The lowest BCUT2D eigenvalue weighted by Gasteiger charge is -2.28. The number of nitrogens with one attached hydrogen (secondary N) is 2. The molecule has 0 saturated carbocycles. The van der Waals surface area contributed by atoms with E-state index in [9.17, 15) is 29.2 Å². The van der Waals surface area contributed by atoms with Crippen LogP contribution in [0.1, 0.15) is 33.7 Å². The molecule has 5 rings (SSSR count). The molecule has 0 spiro atoms. The van der Waals surface area contributed by atoms with Crippen LogP contribution in [0.5, 0.6) is 0 Å². The predicted octanol–water partition coefficient (Wildman–Crippen LogP) is 1.46. The fourth-order valence-corrected chi connectivity index (χ4v) is 4.91. The van der Waals surface area contributed by atoms with E-state index in [0.29, 0.717) is 21.6 Å². The zero-order valence-corrected chi connectivity index (χ0v) is 22.6. The molecule has 12 nitrogen and oxygen atoms in total. The number of fused-ring (bicyclic) bond motifs is 1. The van der Waals surface area contributed by atoms with E-state index in [-0.39, 0.29) is 44.1 Å². The summed E-state index contributed by atoms with van der Waals surface area (Å²) >= 11 is 0. The first-order valence-electron chi connectivity index (χ1n) is 13.4. The number of aromatic nitrogens is 1. The van der Waals surface area contributed by atoms with Crippen LogP contribution in [0.4, 0.5) is 0 Å². The topological polar surface area (TPSA) is 158 Å². The molecule has 1 fully saturated rings. The van der Waals surface area contributed by atoms with Crippen LogP contribution in [-0.2, 0) is 19.1 Å². The molecule has 3 N–H and O–H groups in total. The van der Waals surface area contributed by atoms with Crippen LogP contribution in [-0.4, -0.2) is 88.1 Å². The second-order valence-electron chi connectivity index (χ2n) is 9.96. The minimum atomic E-state index is -1.16. The summed E-state index contributed by atoms with van der Waals surface area (Å²) in [6.07, 6.45) is 3.46. The predicted molar refractivity (Wildman–Crippen MR) is 149 cm³/mol. The van der Waals surface area contributed by atoms with Crippen LogP contribution in [0, 0.1) is 0 Å². The highest BCUT2D eigenvalue weighted by atomic mass is 16.6. The van der Waals surface area contributed by atoms with Gasteiger partial charge in [0.15, 0.2) is 6.04 Å². The molecular weight excluding hydrogens is 542 g/mol. The van der Waals surface area contributed by atoms with Gasteiger partial charge in [0.05, 0.1) is 6.61 Å². The summed E-state index contributed by atoms with van der Waals surface area (Å²) in [5.41, 5.74) is 1.22. The number of amides is 4. The fourth-order valence-electron chi connectivity index (χ4n) is 4.91. The molecule has 12 heteroatoms. The van der Waals surface area contributed by atoms with Gasteiger partial charge in [-0.25, -0.2) is 9.86 Å². The van der Waals surface area contributed by atoms with Crippen molar-refractivity contribution in [2.24, 2.45) is 0 Å². The summed E-state index contributed by atoms with van der Waals surface area (Å²) in [4.78, 5) is 69.8. The molecule has 2 aliphatic rings. The standard InChI is InChI=1S/C30H29N5O7/c36-25(35(41)24-13-15-42-30(24)40)18-34-17-19(16-32-27(37)21-7-2-1-3-8-21)10-11-23(29(34)39)33-28(38)26-22-9-5-4-6-20(22)12-14-31-26/h1-10,12,14,23-24,41H,11,13,15-18H2,(H,32,37)(H,33,38). The van der Waals surface area contributed by atoms with E-state index in [1.807, 2.05) is 12.1 Å². The van der Waals surface area contributed by atoms with E-state index >= 15 is 0 Å². The molecule has 1 aromatic heterocycles. The molecule has 2 atom stereocenters. The van der Waals surface area contributed by atoms with Gasteiger partial charge in [0.1, 0.15) is 18.3 Å². The summed E-state index contributed by atoms with van der Waals surface area (Å²) in [5.74, 6) is -3.07. The number of hydrogen-bond donors (Lipinski definition) is 3. The molecule has 2 aromatic carbocycles. The van der Waals surface area contributed by atoms with Gasteiger partial charge in [0, 0.05) is 36.7 Å². The van der Waals surface area contributed by atoms with Crippen molar-refractivity contribution in [2.75, 3.05) is 26.2 Å². The van der Waals surface area contributed by atoms with Crippen LogP contribution in [0.25, 0.3) is 10.8 Å². The SMILES string of the molecule is O=C(NCC1=CCC(NC(=O)c2nccc3ccccc23)C(=O)N(CC(=O)N(O)C2CCOC2=O)C1)c1ccccc1. The molecule has 0 aliphatic carbocycles. The lowest BCUT2D eigenvalue weighted by molar-refractivity contribution is -0.182. The van der Waals surface area contributed by atoms with Gasteiger partial charge >= 0.3 is 5.97 Å². The Morgan fingerprint density at radius 2 is 1.79 bits per heavy atom. The number of carbonyl (C=O) groups excluding carboxylic acids is 5. The number of hydrogen-bond acceptors (Lipinski definition) is 8. The van der Waals surface area contributed by atoms with Crippen LogP contribution in [0.15, 0.2) is 78.5 Å². The number of benzene rings is 2. The zero-order chi connectivity index (χ0) is 29.6. The summed E-state index contributed by atoms with van der Waals surface area (Å²) < 4.78 is 4.83. The van der Waals surface area contributed by atoms with E-state index in [1.165, 1.54) is 11.1 Å². The van der Waals surface area contributed by atoms with Gasteiger partial charge in [-0.3, -0.25) is 29.4 Å². The van der Waals surface area contributed by atoms with Gasteiger partial charge in [-0.2, -0.15) is 0 Å². The molecule has 2 unspecified atom stereocenters. The molecular formula is C30H29N5O7. The number of nitrogens with zero attached hydrogens (tertiary/aromatic N) is 3. The highest BCUT2D eigenvalue weighted by molar-refractivity contribution is 6.06. The molecule has 42 heavy (non-hydrogen) atoms. The minimum absolute atomic E-state index is 0.0541. The van der Waals surface area contributed by atoms with Crippen molar-refractivity contribution >= 4 is 40.4 Å². The number of pyridine rings is 1. The maximum atomic E-state index is 13.7. The van der Waals surface area contributed by atoms with E-state index in [1.54, 1.807) is 54.6 Å². The molecule has 3 aromatic rings. The van der Waals surface area contributed by atoms with Crippen molar-refractivity contribution in [3.8, 4) is 0 Å². The third kappa shape index (κ3) is 6.28. The van der Waals surface area contributed by atoms with E-state index in [2.05, 4.69) is 15.6 Å². The molecule has 1 saturated heterocycles. The number of carbonyl (C=O) groups is 5. The van der Waals surface area contributed by atoms with Crippen molar-refractivity contribution in [1.29, 1.82) is 0 Å². The van der Waals surface area contributed by atoms with Gasteiger partial charge in [-0.15, -0.1) is 0 Å². The van der Waals surface area contributed by atoms with Gasteiger partial charge in [0.25, 0.3) is 17.7 Å². The number of cyclic esters (lactones) is 1. The molecule has 0 bridgehead atoms. The number of ether oxygens (including phenoxy) is 1. The number of esters is 1. The van der Waals surface area contributed by atoms with Gasteiger partial charge in [-0.1, -0.05) is 48.5 Å². The second kappa shape index (κ2) is 12.6. The summed E-state index contributed by atoms with van der Waals surface area (Å²) in [6.45, 7) is -0.473. The molecule has 2 aliphatic heterocycles. The lowest BCUT2D eigenvalue weighted by atomic mass is 10.1. The Balaban J connectivity index is 1.35. The van der Waals surface area contributed by atoms with Crippen LogP contribution >= 0.6 is 0 Å². The van der Waals surface area contributed by atoms with E-state index in [0.717, 1.165) is 5.39 Å². The third-order valence-electron chi connectivity index (χ3n) is 7.14. The maximum Gasteiger partial charge on any atom is 0.331 e. The Labute approximate surface area is 240 Å². The third-order valence-corrected chi connectivity index (χ3v) is 7.14. The molecule has 3 heterocycles. The van der Waals surface area contributed by atoms with Gasteiger partial charge in [-0.05, 0) is 35.6 Å². The van der Waals surface area contributed by atoms with Crippen molar-refractivity contribution in [3.63, 3.8) is 0 Å². The average molecular weight is 572 g/mol. The van der Waals surface area contributed by atoms with Gasteiger partial charge < -0.3 is 20.3 Å². The first kappa shape index (κ1) is 28.4. The fraction of sp³-hybridized carbons (Fsp3) is 0.267.